The summed E-state index contributed by atoms with van der Waals surface area (Å²) < 4.78 is 5.13. The van der Waals surface area contributed by atoms with Crippen LogP contribution < -0.4 is 16.0 Å². The van der Waals surface area contributed by atoms with E-state index in [-0.39, 0.29) is 18.0 Å². The Kier molecular flexibility index (Phi) is 5.02. The van der Waals surface area contributed by atoms with Crippen LogP contribution in [0.4, 0.5) is 0 Å². The molecule has 0 saturated heterocycles. The Morgan fingerprint density at radius 1 is 1.39 bits per heavy atom. The Bertz CT molecular complexity index is 611. The largest absolute Gasteiger partial charge is 0.495 e. The minimum atomic E-state index is -0.121. The van der Waals surface area contributed by atoms with Gasteiger partial charge in [-0.2, -0.15) is 0 Å². The number of pyridine rings is 1. The average molecular weight is 289 g/mol. The standard InChI is InChI=1S/C12H13ClN2O2.ClH/c1-17-11-5-8-4-7(2-3-14)12(16)15-10(8)6-9(11)13;/h4-6H,2-3,14H2,1H3,(H,15,16);1H. The molecule has 3 N–H and O–H groups in total. The van der Waals surface area contributed by atoms with Crippen molar-refractivity contribution in [1.82, 2.24) is 4.98 Å². The first kappa shape index (κ1) is 14.8. The quantitative estimate of drug-likeness (QED) is 0.909. The molecular weight excluding hydrogens is 275 g/mol. The molecule has 0 amide bonds. The van der Waals surface area contributed by atoms with Crippen molar-refractivity contribution in [2.24, 2.45) is 5.73 Å². The third-order valence-electron chi connectivity index (χ3n) is 2.61. The fourth-order valence-electron chi connectivity index (χ4n) is 1.75. The molecule has 0 fully saturated rings. The number of hydrogen-bond acceptors (Lipinski definition) is 3. The fraction of sp³-hybridized carbons (Fsp3) is 0.250. The molecule has 0 aliphatic heterocycles. The van der Waals surface area contributed by atoms with Crippen LogP contribution >= 0.6 is 24.0 Å². The van der Waals surface area contributed by atoms with Crippen molar-refractivity contribution in [3.63, 3.8) is 0 Å². The van der Waals surface area contributed by atoms with Crippen LogP contribution in [-0.2, 0) is 6.42 Å². The smallest absolute Gasteiger partial charge is 0.251 e. The Labute approximate surface area is 115 Å². The van der Waals surface area contributed by atoms with Crippen molar-refractivity contribution >= 4 is 34.9 Å². The van der Waals surface area contributed by atoms with Gasteiger partial charge in [0, 0.05) is 10.9 Å². The lowest BCUT2D eigenvalue weighted by atomic mass is 10.1. The van der Waals surface area contributed by atoms with Crippen LogP contribution in [0.1, 0.15) is 5.56 Å². The zero-order valence-corrected chi connectivity index (χ0v) is 11.4. The van der Waals surface area contributed by atoms with Crippen LogP contribution in [0, 0.1) is 0 Å². The molecule has 1 aromatic carbocycles. The van der Waals surface area contributed by atoms with Crippen LogP contribution in [0.25, 0.3) is 10.9 Å². The van der Waals surface area contributed by atoms with E-state index in [2.05, 4.69) is 4.98 Å². The Balaban J connectivity index is 0.00000162. The van der Waals surface area contributed by atoms with E-state index in [4.69, 9.17) is 22.1 Å². The van der Waals surface area contributed by atoms with Crippen molar-refractivity contribution in [2.75, 3.05) is 13.7 Å². The van der Waals surface area contributed by atoms with Crippen molar-refractivity contribution < 1.29 is 4.74 Å². The molecule has 0 radical (unpaired) electrons. The van der Waals surface area contributed by atoms with E-state index in [9.17, 15) is 4.79 Å². The molecule has 2 aromatic rings. The number of hydrogen-bond donors (Lipinski definition) is 2. The van der Waals surface area contributed by atoms with E-state index in [1.165, 1.54) is 0 Å². The zero-order chi connectivity index (χ0) is 12.4. The molecule has 0 saturated carbocycles. The predicted molar refractivity (Wildman–Crippen MR) is 76.1 cm³/mol. The van der Waals surface area contributed by atoms with Crippen LogP contribution in [-0.4, -0.2) is 18.6 Å². The van der Waals surface area contributed by atoms with E-state index < -0.39 is 0 Å². The average Bonchev–Trinajstić information content (AvgIpc) is 2.30. The van der Waals surface area contributed by atoms with Gasteiger partial charge in [0.15, 0.2) is 0 Å². The number of methoxy groups -OCH3 is 1. The lowest BCUT2D eigenvalue weighted by Crippen LogP contribution is -2.16. The monoisotopic (exact) mass is 288 g/mol. The second kappa shape index (κ2) is 6.09. The second-order valence-electron chi connectivity index (χ2n) is 3.74. The summed E-state index contributed by atoms with van der Waals surface area (Å²) in [6, 6.07) is 5.30. The molecular formula is C12H14Cl2N2O2. The highest BCUT2D eigenvalue weighted by Gasteiger charge is 2.06. The van der Waals surface area contributed by atoms with Gasteiger partial charge < -0.3 is 15.5 Å². The summed E-state index contributed by atoms with van der Waals surface area (Å²) in [5, 5.41) is 1.36. The van der Waals surface area contributed by atoms with Gasteiger partial charge in [0.25, 0.3) is 5.56 Å². The van der Waals surface area contributed by atoms with Crippen molar-refractivity contribution in [1.29, 1.82) is 0 Å². The number of aromatic amines is 1. The maximum Gasteiger partial charge on any atom is 0.251 e. The molecule has 1 aromatic heterocycles. The summed E-state index contributed by atoms with van der Waals surface area (Å²) in [5.74, 6) is 0.588. The number of aromatic nitrogens is 1. The van der Waals surface area contributed by atoms with Crippen molar-refractivity contribution in [2.45, 2.75) is 6.42 Å². The van der Waals surface area contributed by atoms with E-state index in [1.54, 1.807) is 19.2 Å². The molecule has 0 spiro atoms. The Morgan fingerprint density at radius 3 is 2.72 bits per heavy atom. The third-order valence-corrected chi connectivity index (χ3v) is 2.90. The molecule has 2 rings (SSSR count). The summed E-state index contributed by atoms with van der Waals surface area (Å²) in [4.78, 5) is 14.5. The van der Waals surface area contributed by atoms with Gasteiger partial charge in [-0.25, -0.2) is 0 Å². The summed E-state index contributed by atoms with van der Waals surface area (Å²) in [5.41, 5.74) is 6.70. The second-order valence-corrected chi connectivity index (χ2v) is 4.14. The topological polar surface area (TPSA) is 68.1 Å². The van der Waals surface area contributed by atoms with Crippen LogP contribution in [0.5, 0.6) is 5.75 Å². The fourth-order valence-corrected chi connectivity index (χ4v) is 1.99. The van der Waals surface area contributed by atoms with Gasteiger partial charge in [0.2, 0.25) is 0 Å². The SMILES string of the molecule is COc1cc2cc(CCN)c(=O)[nH]c2cc1Cl.Cl. The van der Waals surface area contributed by atoms with Gasteiger partial charge >= 0.3 is 0 Å². The normalized spacial score (nSPS) is 10.2. The predicted octanol–water partition coefficient (Wildman–Crippen LogP) is 2.11. The summed E-state index contributed by atoms with van der Waals surface area (Å²) in [6.45, 7) is 0.444. The number of nitrogens with two attached hydrogens (primary N) is 1. The number of ether oxygens (including phenoxy) is 1. The molecule has 0 atom stereocenters. The van der Waals surface area contributed by atoms with Gasteiger partial charge in [0.05, 0.1) is 17.6 Å². The first-order valence-corrected chi connectivity index (χ1v) is 5.63. The molecule has 0 aliphatic rings. The van der Waals surface area contributed by atoms with Crippen LogP contribution in [0.15, 0.2) is 23.0 Å². The maximum atomic E-state index is 11.7. The molecule has 1 heterocycles. The minimum Gasteiger partial charge on any atom is -0.495 e. The Morgan fingerprint density at radius 2 is 2.11 bits per heavy atom. The van der Waals surface area contributed by atoms with Crippen molar-refractivity contribution in [3.8, 4) is 5.75 Å². The molecule has 0 unspecified atom stereocenters. The summed E-state index contributed by atoms with van der Waals surface area (Å²) in [6.07, 6.45) is 0.552. The number of benzene rings is 1. The number of nitrogens with one attached hydrogen (secondary N) is 1. The van der Waals surface area contributed by atoms with Crippen LogP contribution in [0.3, 0.4) is 0 Å². The number of rotatable bonds is 3. The molecule has 4 nitrogen and oxygen atoms in total. The lowest BCUT2D eigenvalue weighted by Gasteiger charge is -2.06. The zero-order valence-electron chi connectivity index (χ0n) is 9.83. The lowest BCUT2D eigenvalue weighted by molar-refractivity contribution is 0.415. The van der Waals surface area contributed by atoms with Crippen LogP contribution in [0.2, 0.25) is 5.02 Å². The number of fused-ring (bicyclic) bond motifs is 1. The van der Waals surface area contributed by atoms with Gasteiger partial charge in [0.1, 0.15) is 5.75 Å². The van der Waals surface area contributed by atoms with Gasteiger partial charge in [-0.1, -0.05) is 11.6 Å². The number of halogens is 2. The first-order valence-electron chi connectivity index (χ1n) is 5.25. The highest BCUT2D eigenvalue weighted by molar-refractivity contribution is 6.32. The van der Waals surface area contributed by atoms with E-state index in [0.717, 1.165) is 5.39 Å². The van der Waals surface area contributed by atoms with Gasteiger partial charge in [-0.3, -0.25) is 4.79 Å². The minimum absolute atomic E-state index is 0. The first-order chi connectivity index (χ1) is 8.15. The van der Waals surface area contributed by atoms with E-state index in [1.807, 2.05) is 6.07 Å². The maximum absolute atomic E-state index is 11.7. The summed E-state index contributed by atoms with van der Waals surface area (Å²) >= 11 is 5.99. The molecule has 18 heavy (non-hydrogen) atoms. The van der Waals surface area contributed by atoms with E-state index in [0.29, 0.717) is 34.8 Å². The molecule has 6 heteroatoms. The highest BCUT2D eigenvalue weighted by atomic mass is 35.5. The molecule has 0 bridgehead atoms. The molecule has 0 aliphatic carbocycles. The Hall–Kier alpha value is -1.23. The summed E-state index contributed by atoms with van der Waals surface area (Å²) in [7, 11) is 1.56. The van der Waals surface area contributed by atoms with E-state index >= 15 is 0 Å². The molecule has 98 valence electrons. The van der Waals surface area contributed by atoms with Gasteiger partial charge in [-0.15, -0.1) is 12.4 Å². The third kappa shape index (κ3) is 2.77. The highest BCUT2D eigenvalue weighted by Crippen LogP contribution is 2.28. The van der Waals surface area contributed by atoms with Gasteiger partial charge in [-0.05, 0) is 31.2 Å². The number of H-pyrrole nitrogens is 1. The van der Waals surface area contributed by atoms with Crippen molar-refractivity contribution in [3.05, 3.63) is 39.1 Å².